The highest BCUT2D eigenvalue weighted by molar-refractivity contribution is 8.03. The minimum absolute atomic E-state index is 0.0909. The number of allylic oxidation sites excluding steroid dienone is 1. The largest absolute Gasteiger partial charge is 0.480 e. The summed E-state index contributed by atoms with van der Waals surface area (Å²) in [4.78, 5) is 62.5. The van der Waals surface area contributed by atoms with Gasteiger partial charge in [0.2, 0.25) is 0 Å². The molecule has 0 aliphatic carbocycles. The third-order valence-electron chi connectivity index (χ3n) is 6.11. The van der Waals surface area contributed by atoms with Gasteiger partial charge in [0.1, 0.15) is 29.4 Å². The van der Waals surface area contributed by atoms with Gasteiger partial charge < -0.3 is 29.8 Å². The maximum atomic E-state index is 13.2. The Labute approximate surface area is 251 Å². The van der Waals surface area contributed by atoms with Gasteiger partial charge in [0, 0.05) is 0 Å². The van der Waals surface area contributed by atoms with Gasteiger partial charge in [-0.25, -0.2) is 4.79 Å². The lowest BCUT2D eigenvalue weighted by Gasteiger charge is -2.25. The molecule has 1 aromatic carbocycles. The standard InChI is InChI=1S/C29H33NO10S2/c1-28(2,15-37-24(33)21-7-5-11-41-21)26(35)39-19-10-9-17(13-18(30)23(31)32)14-20(19)40-27(36)29(3,4)16-38-25(34)22-8-6-12-42-22/h5-7,9-12,14,18,22H,8,13,15-16,30H2,1-4H3,(H,31,32)/t18-,22?/m0/s1. The van der Waals surface area contributed by atoms with Gasteiger partial charge in [0.25, 0.3) is 0 Å². The average molecular weight is 620 g/mol. The first-order valence-electron chi connectivity index (χ1n) is 12.9. The number of thiophene rings is 1. The molecule has 1 aromatic heterocycles. The molecule has 2 aromatic rings. The number of thioether (sulfide) groups is 1. The second-order valence-corrected chi connectivity index (χ2v) is 12.9. The number of carbonyl (C=O) groups excluding carboxylic acids is 4. The second-order valence-electron chi connectivity index (χ2n) is 10.9. The summed E-state index contributed by atoms with van der Waals surface area (Å²) in [5.74, 6) is -4.10. The lowest BCUT2D eigenvalue weighted by molar-refractivity contribution is -0.155. The summed E-state index contributed by atoms with van der Waals surface area (Å²) in [6.45, 7) is 5.57. The van der Waals surface area contributed by atoms with E-state index < -0.39 is 46.7 Å². The SMILES string of the molecule is CC(C)(COC(=O)c1cccs1)C(=O)Oc1ccc(C[C@H](N)C(=O)O)cc1OC(=O)C(C)(C)COC(=O)C1CC=CS1. The van der Waals surface area contributed by atoms with Crippen molar-refractivity contribution in [1.29, 1.82) is 0 Å². The zero-order valence-corrected chi connectivity index (χ0v) is 25.3. The average Bonchev–Trinajstić information content (AvgIpc) is 3.67. The van der Waals surface area contributed by atoms with E-state index in [1.165, 1.54) is 69.0 Å². The van der Waals surface area contributed by atoms with E-state index >= 15 is 0 Å². The van der Waals surface area contributed by atoms with Gasteiger partial charge in [-0.1, -0.05) is 18.2 Å². The van der Waals surface area contributed by atoms with Gasteiger partial charge in [-0.3, -0.25) is 19.2 Å². The number of aliphatic carboxylic acids is 1. The van der Waals surface area contributed by atoms with Gasteiger partial charge >= 0.3 is 29.8 Å². The van der Waals surface area contributed by atoms with Crippen molar-refractivity contribution in [2.45, 2.75) is 51.8 Å². The van der Waals surface area contributed by atoms with E-state index in [4.69, 9.17) is 24.7 Å². The Bertz CT molecular complexity index is 1340. The Hall–Kier alpha value is -3.68. The van der Waals surface area contributed by atoms with Crippen LogP contribution in [0.15, 0.2) is 47.2 Å². The van der Waals surface area contributed by atoms with Gasteiger partial charge in [0.15, 0.2) is 11.5 Å². The first kappa shape index (κ1) is 32.8. The molecular weight excluding hydrogens is 586 g/mol. The highest BCUT2D eigenvalue weighted by Gasteiger charge is 2.36. The third kappa shape index (κ3) is 8.91. The molecular formula is C29H33NO10S2. The molecule has 2 atom stereocenters. The van der Waals surface area contributed by atoms with Gasteiger partial charge in [0.05, 0.1) is 10.8 Å². The van der Waals surface area contributed by atoms with Crippen molar-refractivity contribution >= 4 is 52.9 Å². The van der Waals surface area contributed by atoms with Crippen LogP contribution >= 0.6 is 23.1 Å². The predicted molar refractivity (Wildman–Crippen MR) is 155 cm³/mol. The molecule has 1 unspecified atom stereocenters. The molecule has 3 rings (SSSR count). The molecule has 3 N–H and O–H groups in total. The number of hydrogen-bond donors (Lipinski definition) is 2. The Balaban J connectivity index is 1.75. The monoisotopic (exact) mass is 619 g/mol. The summed E-state index contributed by atoms with van der Waals surface area (Å²) in [5, 5.41) is 12.4. The van der Waals surface area contributed by atoms with E-state index in [9.17, 15) is 29.1 Å². The Morgan fingerprint density at radius 1 is 0.976 bits per heavy atom. The molecule has 0 radical (unpaired) electrons. The Morgan fingerprint density at radius 2 is 1.62 bits per heavy atom. The fourth-order valence-electron chi connectivity index (χ4n) is 3.37. The van der Waals surface area contributed by atoms with Crippen LogP contribution < -0.4 is 15.2 Å². The molecule has 0 fully saturated rings. The fourth-order valence-corrected chi connectivity index (χ4v) is 4.80. The number of carboxylic acids is 1. The highest BCUT2D eigenvalue weighted by Crippen LogP contribution is 2.34. The number of carbonyl (C=O) groups is 5. The van der Waals surface area contributed by atoms with Crippen molar-refractivity contribution in [3.63, 3.8) is 0 Å². The predicted octanol–water partition coefficient (Wildman–Crippen LogP) is 3.99. The molecule has 42 heavy (non-hydrogen) atoms. The van der Waals surface area contributed by atoms with Crippen LogP contribution in [0, 0.1) is 10.8 Å². The van der Waals surface area contributed by atoms with E-state index in [1.54, 1.807) is 17.5 Å². The maximum absolute atomic E-state index is 13.2. The first-order valence-corrected chi connectivity index (χ1v) is 14.8. The van der Waals surface area contributed by atoms with Crippen LogP contribution in [0.3, 0.4) is 0 Å². The lowest BCUT2D eigenvalue weighted by Crippen LogP contribution is -2.36. The number of hydrogen-bond acceptors (Lipinski definition) is 12. The molecule has 0 saturated heterocycles. The smallest absolute Gasteiger partial charge is 0.348 e. The van der Waals surface area contributed by atoms with Crippen LogP contribution in [-0.2, 0) is 35.1 Å². The van der Waals surface area contributed by atoms with Crippen molar-refractivity contribution < 1.29 is 48.0 Å². The normalized spacial score (nSPS) is 15.5. The van der Waals surface area contributed by atoms with Crippen molar-refractivity contribution in [2.75, 3.05) is 13.2 Å². The molecule has 11 nitrogen and oxygen atoms in total. The van der Waals surface area contributed by atoms with Crippen molar-refractivity contribution in [3.05, 3.63) is 57.6 Å². The summed E-state index contributed by atoms with van der Waals surface area (Å²) in [6.07, 6.45) is 2.31. The van der Waals surface area contributed by atoms with Gasteiger partial charge in [-0.05, 0) is 75.1 Å². The molecule has 2 heterocycles. The highest BCUT2D eigenvalue weighted by atomic mass is 32.2. The number of nitrogens with two attached hydrogens (primary N) is 1. The molecule has 0 bridgehead atoms. The number of benzene rings is 1. The van der Waals surface area contributed by atoms with E-state index in [1.807, 2.05) is 11.5 Å². The maximum Gasteiger partial charge on any atom is 0.348 e. The van der Waals surface area contributed by atoms with Crippen LogP contribution in [0.2, 0.25) is 0 Å². The molecule has 0 spiro atoms. The summed E-state index contributed by atoms with van der Waals surface area (Å²) in [5.41, 5.74) is 3.52. The fraction of sp³-hybridized carbons (Fsp3) is 0.414. The molecule has 0 saturated carbocycles. The number of carboxylic acid groups (broad SMARTS) is 1. The Morgan fingerprint density at radius 3 is 2.19 bits per heavy atom. The quantitative estimate of drug-likeness (QED) is 0.245. The van der Waals surface area contributed by atoms with Crippen molar-refractivity contribution in [1.82, 2.24) is 0 Å². The summed E-state index contributed by atoms with van der Waals surface area (Å²) in [7, 11) is 0. The number of esters is 4. The zero-order chi connectivity index (χ0) is 31.1. The van der Waals surface area contributed by atoms with Crippen LogP contribution in [-0.4, -0.2) is 59.5 Å². The minimum Gasteiger partial charge on any atom is -0.480 e. The molecule has 1 aliphatic rings. The second kappa shape index (κ2) is 14.0. The molecule has 0 amide bonds. The van der Waals surface area contributed by atoms with E-state index in [2.05, 4.69) is 0 Å². The minimum atomic E-state index is -1.28. The van der Waals surface area contributed by atoms with Crippen LogP contribution in [0.25, 0.3) is 0 Å². The van der Waals surface area contributed by atoms with E-state index in [0.29, 0.717) is 16.9 Å². The molecule has 13 heteroatoms. The van der Waals surface area contributed by atoms with E-state index in [0.717, 1.165) is 0 Å². The van der Waals surface area contributed by atoms with Gasteiger partial charge in [-0.15, -0.1) is 23.1 Å². The van der Waals surface area contributed by atoms with Crippen LogP contribution in [0.4, 0.5) is 0 Å². The summed E-state index contributed by atoms with van der Waals surface area (Å²) >= 11 is 2.54. The summed E-state index contributed by atoms with van der Waals surface area (Å²) < 4.78 is 21.8. The Kier molecular flexibility index (Phi) is 10.9. The number of rotatable bonds is 13. The molecule has 226 valence electrons. The van der Waals surface area contributed by atoms with E-state index in [-0.39, 0.29) is 36.4 Å². The van der Waals surface area contributed by atoms with Crippen LogP contribution in [0.1, 0.15) is 49.4 Å². The third-order valence-corrected chi connectivity index (χ3v) is 8.02. The first-order chi connectivity index (χ1) is 19.7. The number of ether oxygens (including phenoxy) is 4. The van der Waals surface area contributed by atoms with Crippen molar-refractivity contribution in [3.8, 4) is 11.5 Å². The summed E-state index contributed by atoms with van der Waals surface area (Å²) in [6, 6.07) is 6.29. The van der Waals surface area contributed by atoms with Crippen molar-refractivity contribution in [2.24, 2.45) is 16.6 Å². The zero-order valence-electron chi connectivity index (χ0n) is 23.6. The van der Waals surface area contributed by atoms with Crippen LogP contribution in [0.5, 0.6) is 11.5 Å². The topological polar surface area (TPSA) is 169 Å². The lowest BCUT2D eigenvalue weighted by atomic mass is 9.95. The van der Waals surface area contributed by atoms with Gasteiger partial charge in [-0.2, -0.15) is 0 Å². The molecule has 1 aliphatic heterocycles.